The molecule has 4 rings (SSSR count). The van der Waals surface area contributed by atoms with Crippen LogP contribution < -0.4 is 15.0 Å². The first kappa shape index (κ1) is 18.5. The van der Waals surface area contributed by atoms with Gasteiger partial charge < -0.3 is 15.0 Å². The minimum absolute atomic E-state index is 0.0209. The zero-order chi connectivity index (χ0) is 19.5. The van der Waals surface area contributed by atoms with Crippen LogP contribution >= 0.6 is 0 Å². The molecule has 0 spiro atoms. The normalized spacial score (nSPS) is 18.2. The standard InChI is InChI=1S/C22H25N3O3/c1-28-20-7-3-6-18(24-20)10-11-23-22(27)17-13-21(26)25(14-17)19-9-8-15-4-2-5-16(15)12-19/h3,6-9,12,17H,2,4-5,10-11,13-14H2,1H3,(H,23,27)/t17-/m0/s1. The summed E-state index contributed by atoms with van der Waals surface area (Å²) in [5, 5.41) is 2.95. The molecule has 1 atom stereocenters. The fraction of sp³-hybridized carbons (Fsp3) is 0.409. The number of ether oxygens (including phenoxy) is 1. The zero-order valence-corrected chi connectivity index (χ0v) is 16.1. The van der Waals surface area contributed by atoms with Gasteiger partial charge in [0.05, 0.1) is 13.0 Å². The third-order valence-electron chi connectivity index (χ3n) is 5.56. The summed E-state index contributed by atoms with van der Waals surface area (Å²) in [7, 11) is 1.58. The molecule has 1 aromatic carbocycles. The number of carbonyl (C=O) groups excluding carboxylic acids is 2. The van der Waals surface area contributed by atoms with Gasteiger partial charge in [-0.2, -0.15) is 0 Å². The van der Waals surface area contributed by atoms with E-state index >= 15 is 0 Å². The van der Waals surface area contributed by atoms with Gasteiger partial charge in [0.15, 0.2) is 0 Å². The Morgan fingerprint density at radius 1 is 1.25 bits per heavy atom. The molecule has 146 valence electrons. The molecule has 0 bridgehead atoms. The van der Waals surface area contributed by atoms with E-state index in [2.05, 4.69) is 22.4 Å². The number of amides is 2. The molecular weight excluding hydrogens is 354 g/mol. The SMILES string of the molecule is COc1cccc(CCNC(=O)[C@H]2CC(=O)N(c3ccc4c(c3)CCC4)C2)n1. The number of rotatable bonds is 6. The smallest absolute Gasteiger partial charge is 0.227 e. The van der Waals surface area contributed by atoms with Crippen molar-refractivity contribution < 1.29 is 14.3 Å². The van der Waals surface area contributed by atoms with Crippen molar-refractivity contribution in [2.24, 2.45) is 5.92 Å². The Kier molecular flexibility index (Phi) is 5.28. The van der Waals surface area contributed by atoms with Crippen LogP contribution in [0, 0.1) is 5.92 Å². The van der Waals surface area contributed by atoms with E-state index in [0.29, 0.717) is 25.4 Å². The number of carbonyl (C=O) groups is 2. The average Bonchev–Trinajstić information content (AvgIpc) is 3.33. The second-order valence-electron chi connectivity index (χ2n) is 7.42. The Morgan fingerprint density at radius 2 is 2.11 bits per heavy atom. The van der Waals surface area contributed by atoms with Gasteiger partial charge in [0, 0.05) is 43.4 Å². The van der Waals surface area contributed by atoms with Crippen molar-refractivity contribution in [3.05, 3.63) is 53.2 Å². The van der Waals surface area contributed by atoms with E-state index in [0.717, 1.165) is 24.2 Å². The zero-order valence-electron chi connectivity index (χ0n) is 16.1. The number of hydrogen-bond donors (Lipinski definition) is 1. The molecule has 1 aliphatic heterocycles. The molecule has 2 heterocycles. The molecule has 2 aromatic rings. The minimum atomic E-state index is -0.306. The number of anilines is 1. The van der Waals surface area contributed by atoms with Gasteiger partial charge >= 0.3 is 0 Å². The summed E-state index contributed by atoms with van der Waals surface area (Å²) in [6.07, 6.45) is 4.27. The van der Waals surface area contributed by atoms with Gasteiger partial charge in [0.1, 0.15) is 0 Å². The number of methoxy groups -OCH3 is 1. The third kappa shape index (κ3) is 3.86. The lowest BCUT2D eigenvalue weighted by molar-refractivity contribution is -0.126. The highest BCUT2D eigenvalue weighted by molar-refractivity contribution is 6.00. The molecule has 6 nitrogen and oxygen atoms in total. The van der Waals surface area contributed by atoms with E-state index in [1.54, 1.807) is 18.1 Å². The van der Waals surface area contributed by atoms with Gasteiger partial charge in [-0.05, 0) is 48.6 Å². The molecule has 28 heavy (non-hydrogen) atoms. The number of fused-ring (bicyclic) bond motifs is 1. The van der Waals surface area contributed by atoms with Crippen molar-refractivity contribution in [3.8, 4) is 5.88 Å². The Bertz CT molecular complexity index is 896. The van der Waals surface area contributed by atoms with Crippen LogP contribution in [0.15, 0.2) is 36.4 Å². The first-order valence-corrected chi connectivity index (χ1v) is 9.84. The Hall–Kier alpha value is -2.89. The molecule has 2 amide bonds. The van der Waals surface area contributed by atoms with E-state index in [1.165, 1.54) is 17.5 Å². The summed E-state index contributed by atoms with van der Waals surface area (Å²) >= 11 is 0. The Labute approximate surface area is 164 Å². The van der Waals surface area contributed by atoms with Crippen LogP contribution in [-0.4, -0.2) is 37.0 Å². The van der Waals surface area contributed by atoms with Crippen molar-refractivity contribution in [1.82, 2.24) is 10.3 Å². The summed E-state index contributed by atoms with van der Waals surface area (Å²) in [6, 6.07) is 11.8. The average molecular weight is 379 g/mol. The van der Waals surface area contributed by atoms with Crippen LogP contribution in [0.4, 0.5) is 5.69 Å². The van der Waals surface area contributed by atoms with Crippen LogP contribution in [0.1, 0.15) is 29.7 Å². The summed E-state index contributed by atoms with van der Waals surface area (Å²) in [4.78, 5) is 31.1. The number of nitrogens with one attached hydrogen (secondary N) is 1. The van der Waals surface area contributed by atoms with E-state index in [-0.39, 0.29) is 24.2 Å². The molecule has 0 radical (unpaired) electrons. The predicted octanol–water partition coefficient (Wildman–Crippen LogP) is 2.29. The lowest BCUT2D eigenvalue weighted by Crippen LogP contribution is -2.34. The molecule has 1 N–H and O–H groups in total. The summed E-state index contributed by atoms with van der Waals surface area (Å²) in [5.41, 5.74) is 4.50. The molecular formula is C22H25N3O3. The second kappa shape index (κ2) is 8.00. The lowest BCUT2D eigenvalue weighted by atomic mass is 10.1. The van der Waals surface area contributed by atoms with Gasteiger partial charge in [-0.15, -0.1) is 0 Å². The predicted molar refractivity (Wildman–Crippen MR) is 106 cm³/mol. The second-order valence-corrected chi connectivity index (χ2v) is 7.42. The molecule has 0 unspecified atom stereocenters. The molecule has 1 aromatic heterocycles. The maximum absolute atomic E-state index is 12.5. The summed E-state index contributed by atoms with van der Waals surface area (Å²) in [5.74, 6) is 0.210. The van der Waals surface area contributed by atoms with E-state index in [9.17, 15) is 9.59 Å². The fourth-order valence-corrected chi connectivity index (χ4v) is 4.03. The lowest BCUT2D eigenvalue weighted by Gasteiger charge is -2.18. The minimum Gasteiger partial charge on any atom is -0.481 e. The first-order chi connectivity index (χ1) is 13.6. The van der Waals surface area contributed by atoms with E-state index in [4.69, 9.17) is 4.74 Å². The number of pyridine rings is 1. The van der Waals surface area contributed by atoms with Crippen LogP contribution in [-0.2, 0) is 28.9 Å². The van der Waals surface area contributed by atoms with Crippen LogP contribution in [0.5, 0.6) is 5.88 Å². The van der Waals surface area contributed by atoms with Gasteiger partial charge in [-0.3, -0.25) is 9.59 Å². The molecule has 0 saturated carbocycles. The highest BCUT2D eigenvalue weighted by atomic mass is 16.5. The first-order valence-electron chi connectivity index (χ1n) is 9.84. The van der Waals surface area contributed by atoms with Crippen molar-refractivity contribution in [1.29, 1.82) is 0 Å². The van der Waals surface area contributed by atoms with Crippen LogP contribution in [0.3, 0.4) is 0 Å². The van der Waals surface area contributed by atoms with Gasteiger partial charge in [0.25, 0.3) is 0 Å². The highest BCUT2D eigenvalue weighted by Crippen LogP contribution is 2.30. The van der Waals surface area contributed by atoms with Gasteiger partial charge in [-0.1, -0.05) is 12.1 Å². The largest absolute Gasteiger partial charge is 0.481 e. The van der Waals surface area contributed by atoms with Crippen LogP contribution in [0.25, 0.3) is 0 Å². The molecule has 2 aliphatic rings. The number of aryl methyl sites for hydroxylation is 2. The maximum Gasteiger partial charge on any atom is 0.227 e. The van der Waals surface area contributed by atoms with Crippen molar-refractivity contribution in [2.45, 2.75) is 32.1 Å². The molecule has 1 aliphatic carbocycles. The van der Waals surface area contributed by atoms with Crippen molar-refractivity contribution in [3.63, 3.8) is 0 Å². The quantitative estimate of drug-likeness (QED) is 0.836. The Balaban J connectivity index is 1.32. The Morgan fingerprint density at radius 3 is 2.96 bits per heavy atom. The van der Waals surface area contributed by atoms with E-state index in [1.807, 2.05) is 18.2 Å². The molecule has 6 heteroatoms. The van der Waals surface area contributed by atoms with E-state index < -0.39 is 0 Å². The van der Waals surface area contributed by atoms with Gasteiger partial charge in [0.2, 0.25) is 17.7 Å². The molecule has 1 saturated heterocycles. The number of hydrogen-bond acceptors (Lipinski definition) is 4. The number of benzene rings is 1. The highest BCUT2D eigenvalue weighted by Gasteiger charge is 2.35. The van der Waals surface area contributed by atoms with Gasteiger partial charge in [-0.25, -0.2) is 4.98 Å². The monoisotopic (exact) mass is 379 g/mol. The number of aromatic nitrogens is 1. The van der Waals surface area contributed by atoms with Crippen molar-refractivity contribution >= 4 is 17.5 Å². The van der Waals surface area contributed by atoms with Crippen LogP contribution in [0.2, 0.25) is 0 Å². The fourth-order valence-electron chi connectivity index (χ4n) is 4.03. The van der Waals surface area contributed by atoms with Crippen molar-refractivity contribution in [2.75, 3.05) is 25.1 Å². The topological polar surface area (TPSA) is 71.5 Å². The number of nitrogens with zero attached hydrogens (tertiary/aromatic N) is 2. The summed E-state index contributed by atoms with van der Waals surface area (Å²) in [6.45, 7) is 0.934. The maximum atomic E-state index is 12.5. The summed E-state index contributed by atoms with van der Waals surface area (Å²) < 4.78 is 5.12. The third-order valence-corrected chi connectivity index (χ3v) is 5.56. The molecule has 1 fully saturated rings.